The van der Waals surface area contributed by atoms with Gasteiger partial charge >= 0.3 is 6.03 Å². The summed E-state index contributed by atoms with van der Waals surface area (Å²) in [5.41, 5.74) is 4.98. The van der Waals surface area contributed by atoms with Crippen molar-refractivity contribution in [2.75, 3.05) is 26.2 Å². The predicted molar refractivity (Wildman–Crippen MR) is 117 cm³/mol. The summed E-state index contributed by atoms with van der Waals surface area (Å²) < 4.78 is 0. The van der Waals surface area contributed by atoms with Crippen LogP contribution in [0.5, 0.6) is 0 Å². The molecular formula is C24H30N4O2. The summed E-state index contributed by atoms with van der Waals surface area (Å²) in [7, 11) is 0. The van der Waals surface area contributed by atoms with Crippen LogP contribution in [0.15, 0.2) is 48.5 Å². The number of fused-ring (bicyclic) bond motifs is 1. The number of benzene rings is 2. The number of hydrogen-bond acceptors (Lipinski definition) is 3. The van der Waals surface area contributed by atoms with Crippen molar-refractivity contribution in [3.05, 3.63) is 70.8 Å². The number of carbonyl (C=O) groups is 2. The average Bonchev–Trinajstić information content (AvgIpc) is 3.17. The van der Waals surface area contributed by atoms with Gasteiger partial charge in [-0.15, -0.1) is 0 Å². The van der Waals surface area contributed by atoms with E-state index in [9.17, 15) is 9.59 Å². The fourth-order valence-electron chi connectivity index (χ4n) is 4.25. The van der Waals surface area contributed by atoms with E-state index >= 15 is 0 Å². The molecule has 158 valence electrons. The third-order valence-electron chi connectivity index (χ3n) is 5.91. The topological polar surface area (TPSA) is 64.7 Å². The van der Waals surface area contributed by atoms with E-state index < -0.39 is 0 Å². The summed E-state index contributed by atoms with van der Waals surface area (Å²) >= 11 is 0. The van der Waals surface area contributed by atoms with Crippen LogP contribution >= 0.6 is 0 Å². The van der Waals surface area contributed by atoms with E-state index in [2.05, 4.69) is 45.9 Å². The Morgan fingerprint density at radius 1 is 0.933 bits per heavy atom. The van der Waals surface area contributed by atoms with Crippen molar-refractivity contribution in [3.63, 3.8) is 0 Å². The lowest BCUT2D eigenvalue weighted by Crippen LogP contribution is -2.41. The van der Waals surface area contributed by atoms with Crippen molar-refractivity contribution >= 4 is 11.9 Å². The Morgan fingerprint density at radius 3 is 2.60 bits per heavy atom. The highest BCUT2D eigenvalue weighted by molar-refractivity contribution is 5.78. The van der Waals surface area contributed by atoms with Crippen molar-refractivity contribution in [1.29, 1.82) is 0 Å². The molecule has 1 saturated heterocycles. The van der Waals surface area contributed by atoms with Crippen LogP contribution in [-0.2, 0) is 30.8 Å². The molecular weight excluding hydrogens is 376 g/mol. The summed E-state index contributed by atoms with van der Waals surface area (Å²) in [6.07, 6.45) is 2.68. The maximum Gasteiger partial charge on any atom is 0.315 e. The third-order valence-corrected chi connectivity index (χ3v) is 5.91. The van der Waals surface area contributed by atoms with Gasteiger partial charge < -0.3 is 15.5 Å². The van der Waals surface area contributed by atoms with Crippen molar-refractivity contribution in [3.8, 4) is 0 Å². The molecule has 1 fully saturated rings. The van der Waals surface area contributed by atoms with Crippen LogP contribution in [-0.4, -0.2) is 47.9 Å². The summed E-state index contributed by atoms with van der Waals surface area (Å²) in [6.45, 7) is 5.43. The van der Waals surface area contributed by atoms with Gasteiger partial charge in [-0.25, -0.2) is 4.79 Å². The number of nitrogens with zero attached hydrogens (tertiary/aromatic N) is 2. The second-order valence-corrected chi connectivity index (χ2v) is 8.14. The summed E-state index contributed by atoms with van der Waals surface area (Å²) in [4.78, 5) is 28.3. The van der Waals surface area contributed by atoms with Crippen LogP contribution in [0.2, 0.25) is 0 Å². The third kappa shape index (κ3) is 5.39. The summed E-state index contributed by atoms with van der Waals surface area (Å²) in [5, 5.41) is 5.89. The van der Waals surface area contributed by atoms with Gasteiger partial charge in [0.15, 0.2) is 0 Å². The molecule has 0 aliphatic carbocycles. The first kappa shape index (κ1) is 20.4. The molecule has 2 aliphatic rings. The van der Waals surface area contributed by atoms with Crippen LogP contribution < -0.4 is 10.6 Å². The molecule has 2 aromatic rings. The summed E-state index contributed by atoms with van der Waals surface area (Å²) in [5.74, 6) is 0.232. The quantitative estimate of drug-likeness (QED) is 0.743. The molecule has 0 aromatic heterocycles. The Balaban J connectivity index is 1.17. The highest BCUT2D eigenvalue weighted by atomic mass is 16.2. The number of likely N-dealkylation sites (tertiary alicyclic amines) is 1. The number of amides is 3. The largest absolute Gasteiger partial charge is 0.338 e. The van der Waals surface area contributed by atoms with E-state index in [-0.39, 0.29) is 11.9 Å². The number of nitrogens with one attached hydrogen (secondary N) is 2. The van der Waals surface area contributed by atoms with Crippen molar-refractivity contribution in [1.82, 2.24) is 20.4 Å². The van der Waals surface area contributed by atoms with Crippen LogP contribution in [0.4, 0.5) is 4.79 Å². The lowest BCUT2D eigenvalue weighted by atomic mass is 10.00. The Hall–Kier alpha value is -2.86. The molecule has 30 heavy (non-hydrogen) atoms. The van der Waals surface area contributed by atoms with E-state index in [4.69, 9.17) is 0 Å². The first-order chi connectivity index (χ1) is 14.7. The zero-order valence-electron chi connectivity index (χ0n) is 17.4. The van der Waals surface area contributed by atoms with E-state index in [0.29, 0.717) is 26.1 Å². The van der Waals surface area contributed by atoms with E-state index in [0.717, 1.165) is 50.1 Å². The normalized spacial score (nSPS) is 16.4. The maximum absolute atomic E-state index is 12.2. The standard InChI is InChI=1S/C24H30N4O2/c29-23-9-4-12-28(23)17-20-6-3-5-19(15-20)16-26-24(30)25-11-14-27-13-10-21-7-1-2-8-22(21)18-27/h1-3,5-8,15H,4,9-14,16-18H2,(H2,25,26,30). The molecule has 0 radical (unpaired) electrons. The highest BCUT2D eigenvalue weighted by Crippen LogP contribution is 2.18. The van der Waals surface area contributed by atoms with Crippen LogP contribution in [0.3, 0.4) is 0 Å². The summed E-state index contributed by atoms with van der Waals surface area (Å²) in [6, 6.07) is 16.5. The molecule has 4 rings (SSSR count). The molecule has 2 aromatic carbocycles. The molecule has 2 N–H and O–H groups in total. The second-order valence-electron chi connectivity index (χ2n) is 8.14. The predicted octanol–water partition coefficient (Wildman–Crippen LogP) is 2.67. The van der Waals surface area contributed by atoms with Gasteiger partial charge in [0.2, 0.25) is 5.91 Å². The number of hydrogen-bond donors (Lipinski definition) is 2. The Kier molecular flexibility index (Phi) is 6.64. The van der Waals surface area contributed by atoms with Crippen LogP contribution in [0.1, 0.15) is 35.1 Å². The molecule has 0 bridgehead atoms. The van der Waals surface area contributed by atoms with Gasteiger partial charge in [0.05, 0.1) is 0 Å². The lowest BCUT2D eigenvalue weighted by Gasteiger charge is -2.28. The van der Waals surface area contributed by atoms with Crippen molar-refractivity contribution < 1.29 is 9.59 Å². The van der Waals surface area contributed by atoms with Crippen LogP contribution in [0.25, 0.3) is 0 Å². The SMILES string of the molecule is O=C(NCCN1CCc2ccccc2C1)NCc1cccc(CN2CCCC2=O)c1. The molecule has 3 amide bonds. The molecule has 0 unspecified atom stereocenters. The molecule has 0 spiro atoms. The van der Waals surface area contributed by atoms with Gasteiger partial charge in [0, 0.05) is 52.2 Å². The second kappa shape index (κ2) is 9.76. The number of rotatable bonds is 7. The van der Waals surface area contributed by atoms with E-state index in [1.165, 1.54) is 11.1 Å². The van der Waals surface area contributed by atoms with Gasteiger partial charge in [-0.2, -0.15) is 0 Å². The maximum atomic E-state index is 12.2. The minimum Gasteiger partial charge on any atom is -0.338 e. The minimum atomic E-state index is -0.146. The van der Waals surface area contributed by atoms with Gasteiger partial charge in [0.1, 0.15) is 0 Å². The van der Waals surface area contributed by atoms with Gasteiger partial charge in [-0.3, -0.25) is 9.69 Å². The van der Waals surface area contributed by atoms with Gasteiger partial charge in [-0.05, 0) is 35.1 Å². The molecule has 2 aliphatic heterocycles. The lowest BCUT2D eigenvalue weighted by molar-refractivity contribution is -0.128. The highest BCUT2D eigenvalue weighted by Gasteiger charge is 2.20. The molecule has 0 saturated carbocycles. The van der Waals surface area contributed by atoms with Gasteiger partial charge in [-0.1, -0.05) is 48.5 Å². The number of carbonyl (C=O) groups excluding carboxylic acids is 2. The monoisotopic (exact) mass is 406 g/mol. The number of urea groups is 1. The Morgan fingerprint density at radius 2 is 1.77 bits per heavy atom. The Labute approximate surface area is 178 Å². The van der Waals surface area contributed by atoms with Crippen molar-refractivity contribution in [2.45, 2.75) is 38.9 Å². The van der Waals surface area contributed by atoms with Gasteiger partial charge in [0.25, 0.3) is 0 Å². The molecule has 6 nitrogen and oxygen atoms in total. The van der Waals surface area contributed by atoms with Crippen molar-refractivity contribution in [2.24, 2.45) is 0 Å². The average molecular weight is 407 g/mol. The molecule has 2 heterocycles. The van der Waals surface area contributed by atoms with Crippen LogP contribution in [0, 0.1) is 0 Å². The Bertz CT molecular complexity index is 898. The smallest absolute Gasteiger partial charge is 0.315 e. The fourth-order valence-corrected chi connectivity index (χ4v) is 4.25. The molecule has 6 heteroatoms. The van der Waals surface area contributed by atoms with E-state index in [1.807, 2.05) is 23.1 Å². The molecule has 0 atom stereocenters. The zero-order chi connectivity index (χ0) is 20.8. The minimum absolute atomic E-state index is 0.146. The first-order valence-electron chi connectivity index (χ1n) is 10.8. The van der Waals surface area contributed by atoms with E-state index in [1.54, 1.807) is 0 Å². The first-order valence-corrected chi connectivity index (χ1v) is 10.8. The zero-order valence-corrected chi connectivity index (χ0v) is 17.4. The fraction of sp³-hybridized carbons (Fsp3) is 0.417.